The molecule has 0 aromatic heterocycles. The first-order chi connectivity index (χ1) is 11.8. The van der Waals surface area contributed by atoms with Gasteiger partial charge in [0.2, 0.25) is 0 Å². The summed E-state index contributed by atoms with van der Waals surface area (Å²) >= 11 is 0. The summed E-state index contributed by atoms with van der Waals surface area (Å²) in [4.78, 5) is 11.8. The van der Waals surface area contributed by atoms with E-state index < -0.39 is 23.3 Å². The number of hydrogen-bond donors (Lipinski definition) is 3. The molecule has 2 aromatic rings. The van der Waals surface area contributed by atoms with E-state index >= 15 is 0 Å². The fourth-order valence-electron chi connectivity index (χ4n) is 2.16. The molecule has 5 nitrogen and oxygen atoms in total. The topological polar surface area (TPSA) is 85.2 Å². The second-order valence-corrected chi connectivity index (χ2v) is 5.73. The third-order valence-corrected chi connectivity index (χ3v) is 3.68. The normalized spacial score (nSPS) is 12.8. The second kappa shape index (κ2) is 7.73. The molecule has 0 heterocycles. The molecule has 25 heavy (non-hydrogen) atoms. The average molecular weight is 345 g/mol. The number of aliphatic hydroxyl groups is 1. The Morgan fingerprint density at radius 2 is 1.88 bits per heavy atom. The number of carbonyl (C=O) groups is 1. The van der Waals surface area contributed by atoms with Crippen molar-refractivity contribution in [2.24, 2.45) is 0 Å². The number of benzene rings is 2. The molecule has 0 bridgehead atoms. The summed E-state index contributed by atoms with van der Waals surface area (Å²) in [5, 5.41) is 24.0. The van der Waals surface area contributed by atoms with Gasteiger partial charge < -0.3 is 15.7 Å². The van der Waals surface area contributed by atoms with Crippen LogP contribution in [0.15, 0.2) is 42.5 Å². The third kappa shape index (κ3) is 4.99. The van der Waals surface area contributed by atoms with Gasteiger partial charge in [-0.05, 0) is 36.8 Å². The first-order valence-corrected chi connectivity index (χ1v) is 7.50. The van der Waals surface area contributed by atoms with Gasteiger partial charge in [0.05, 0.1) is 18.2 Å². The van der Waals surface area contributed by atoms with Crippen molar-refractivity contribution in [2.45, 2.75) is 19.1 Å². The maximum Gasteiger partial charge on any atom is 0.315 e. The molecule has 0 spiro atoms. The van der Waals surface area contributed by atoms with Crippen molar-refractivity contribution in [1.82, 2.24) is 10.6 Å². The van der Waals surface area contributed by atoms with Crippen molar-refractivity contribution < 1.29 is 18.7 Å². The Labute approximate surface area is 143 Å². The molecular formula is C18H17F2N3O2. The van der Waals surface area contributed by atoms with E-state index in [0.717, 1.165) is 6.07 Å². The van der Waals surface area contributed by atoms with Crippen LogP contribution in [0.1, 0.15) is 23.6 Å². The Morgan fingerprint density at radius 1 is 1.20 bits per heavy atom. The molecule has 0 saturated heterocycles. The Bertz CT molecular complexity index is 799. The number of nitrogens with one attached hydrogen (secondary N) is 2. The number of urea groups is 1. The predicted molar refractivity (Wildman–Crippen MR) is 87.3 cm³/mol. The van der Waals surface area contributed by atoms with Crippen molar-refractivity contribution in [1.29, 1.82) is 5.26 Å². The van der Waals surface area contributed by atoms with E-state index in [4.69, 9.17) is 5.26 Å². The molecule has 0 aliphatic carbocycles. The summed E-state index contributed by atoms with van der Waals surface area (Å²) < 4.78 is 26.6. The number of carbonyl (C=O) groups excluding carboxylic acids is 1. The quantitative estimate of drug-likeness (QED) is 0.778. The lowest BCUT2D eigenvalue weighted by molar-refractivity contribution is 0.0593. The highest BCUT2D eigenvalue weighted by molar-refractivity contribution is 5.73. The molecule has 0 saturated carbocycles. The van der Waals surface area contributed by atoms with E-state index in [2.05, 4.69) is 10.6 Å². The number of halogens is 2. The summed E-state index contributed by atoms with van der Waals surface area (Å²) in [5.74, 6) is -1.01. The number of hydrogen-bond acceptors (Lipinski definition) is 3. The number of nitrogens with zero attached hydrogens (tertiary/aromatic N) is 1. The van der Waals surface area contributed by atoms with E-state index in [1.807, 2.05) is 6.07 Å². The minimum Gasteiger partial charge on any atom is -0.384 e. The first-order valence-electron chi connectivity index (χ1n) is 7.50. The van der Waals surface area contributed by atoms with Crippen molar-refractivity contribution in [3.05, 3.63) is 70.8 Å². The zero-order valence-electron chi connectivity index (χ0n) is 13.5. The van der Waals surface area contributed by atoms with Crippen LogP contribution in [0.2, 0.25) is 0 Å². The number of rotatable bonds is 5. The van der Waals surface area contributed by atoms with Crippen LogP contribution in [-0.4, -0.2) is 17.7 Å². The van der Waals surface area contributed by atoms with E-state index in [1.54, 1.807) is 0 Å². The highest BCUT2D eigenvalue weighted by Gasteiger charge is 2.23. The highest BCUT2D eigenvalue weighted by atomic mass is 19.1. The Morgan fingerprint density at radius 3 is 2.48 bits per heavy atom. The van der Waals surface area contributed by atoms with Gasteiger partial charge in [-0.2, -0.15) is 5.26 Å². The van der Waals surface area contributed by atoms with Crippen LogP contribution in [0.4, 0.5) is 13.6 Å². The molecule has 1 atom stereocenters. The van der Waals surface area contributed by atoms with E-state index in [1.165, 1.54) is 43.3 Å². The minimum atomic E-state index is -1.38. The van der Waals surface area contributed by atoms with Crippen LogP contribution in [0.25, 0.3) is 0 Å². The van der Waals surface area contributed by atoms with Gasteiger partial charge in [0.1, 0.15) is 17.2 Å². The van der Waals surface area contributed by atoms with Crippen molar-refractivity contribution in [3.63, 3.8) is 0 Å². The van der Waals surface area contributed by atoms with Crippen molar-refractivity contribution in [3.8, 4) is 6.07 Å². The van der Waals surface area contributed by atoms with Gasteiger partial charge in [-0.1, -0.05) is 18.2 Å². The zero-order valence-corrected chi connectivity index (χ0v) is 13.5. The Kier molecular flexibility index (Phi) is 5.67. The van der Waals surface area contributed by atoms with Crippen LogP contribution in [0.3, 0.4) is 0 Å². The van der Waals surface area contributed by atoms with Gasteiger partial charge in [0.15, 0.2) is 0 Å². The molecule has 2 amide bonds. The fraction of sp³-hybridized carbons (Fsp3) is 0.222. The molecule has 130 valence electrons. The molecule has 3 N–H and O–H groups in total. The SMILES string of the molecule is C[C@@](O)(CNC(=O)NCc1ccc(C#N)cc1F)c1ccc(F)cc1. The van der Waals surface area contributed by atoms with Gasteiger partial charge in [-0.25, -0.2) is 13.6 Å². The van der Waals surface area contributed by atoms with Gasteiger partial charge in [0, 0.05) is 12.1 Å². The van der Waals surface area contributed by atoms with Crippen molar-refractivity contribution >= 4 is 6.03 Å². The zero-order chi connectivity index (χ0) is 18.4. The van der Waals surface area contributed by atoms with Crippen molar-refractivity contribution in [2.75, 3.05) is 6.54 Å². The molecule has 0 aliphatic rings. The summed E-state index contributed by atoms with van der Waals surface area (Å²) in [7, 11) is 0. The lowest BCUT2D eigenvalue weighted by Gasteiger charge is -2.24. The summed E-state index contributed by atoms with van der Waals surface area (Å²) in [5.41, 5.74) is -0.502. The summed E-state index contributed by atoms with van der Waals surface area (Å²) in [6.45, 7) is 1.31. The van der Waals surface area contributed by atoms with Crippen LogP contribution >= 0.6 is 0 Å². The predicted octanol–water partition coefficient (Wildman–Crippen LogP) is 2.54. The monoisotopic (exact) mass is 345 g/mol. The number of amides is 2. The van der Waals surface area contributed by atoms with Crippen LogP contribution < -0.4 is 10.6 Å². The van der Waals surface area contributed by atoms with E-state index in [9.17, 15) is 18.7 Å². The van der Waals surface area contributed by atoms with E-state index in [0.29, 0.717) is 5.56 Å². The molecule has 0 aliphatic heterocycles. The highest BCUT2D eigenvalue weighted by Crippen LogP contribution is 2.19. The first kappa shape index (κ1) is 18.4. The second-order valence-electron chi connectivity index (χ2n) is 5.73. The van der Waals surface area contributed by atoms with Crippen LogP contribution in [0, 0.1) is 23.0 Å². The lowest BCUT2D eigenvalue weighted by atomic mass is 9.96. The Hall–Kier alpha value is -2.98. The lowest BCUT2D eigenvalue weighted by Crippen LogP contribution is -2.43. The van der Waals surface area contributed by atoms with Gasteiger partial charge in [0.25, 0.3) is 0 Å². The fourth-order valence-corrected chi connectivity index (χ4v) is 2.16. The smallest absolute Gasteiger partial charge is 0.315 e. The molecule has 0 radical (unpaired) electrons. The van der Waals surface area contributed by atoms with Gasteiger partial charge in [-0.3, -0.25) is 0 Å². The standard InChI is InChI=1S/C18H17F2N3O2/c1-18(25,14-4-6-15(19)7-5-14)11-23-17(24)22-10-13-3-2-12(9-21)8-16(13)20/h2-8,25H,10-11H2,1H3,(H2,22,23,24)/t18-/m1/s1. The summed E-state index contributed by atoms with van der Waals surface area (Å²) in [6, 6.07) is 10.5. The molecule has 2 aromatic carbocycles. The molecule has 0 unspecified atom stereocenters. The maximum atomic E-state index is 13.7. The largest absolute Gasteiger partial charge is 0.384 e. The molecule has 2 rings (SSSR count). The number of nitriles is 1. The molecule has 7 heteroatoms. The van der Waals surface area contributed by atoms with Crippen LogP contribution in [0.5, 0.6) is 0 Å². The minimum absolute atomic E-state index is 0.0674. The Balaban J connectivity index is 1.88. The maximum absolute atomic E-state index is 13.7. The van der Waals surface area contributed by atoms with E-state index in [-0.39, 0.29) is 24.2 Å². The third-order valence-electron chi connectivity index (χ3n) is 3.68. The van der Waals surface area contributed by atoms with Crippen LogP contribution in [-0.2, 0) is 12.1 Å². The van der Waals surface area contributed by atoms with Gasteiger partial charge in [-0.15, -0.1) is 0 Å². The van der Waals surface area contributed by atoms with Gasteiger partial charge >= 0.3 is 6.03 Å². The average Bonchev–Trinajstić information content (AvgIpc) is 2.59. The summed E-state index contributed by atoms with van der Waals surface area (Å²) in [6.07, 6.45) is 0. The molecular weight excluding hydrogens is 328 g/mol. The molecule has 0 fully saturated rings.